The first-order valence-corrected chi connectivity index (χ1v) is 9.64. The maximum absolute atomic E-state index is 12.2. The lowest BCUT2D eigenvalue weighted by Gasteiger charge is -2.53. The van der Waals surface area contributed by atoms with Crippen LogP contribution in [0.3, 0.4) is 0 Å². The summed E-state index contributed by atoms with van der Waals surface area (Å²) in [5.41, 5.74) is 6.36. The maximum atomic E-state index is 12.2. The molecule has 3 aliphatic heterocycles. The van der Waals surface area contributed by atoms with E-state index in [1.54, 1.807) is 7.11 Å². The van der Waals surface area contributed by atoms with Crippen LogP contribution in [-0.2, 0) is 9.53 Å². The van der Waals surface area contributed by atoms with E-state index in [4.69, 9.17) is 19.9 Å². The van der Waals surface area contributed by atoms with Gasteiger partial charge in [0.2, 0.25) is 5.91 Å². The second-order valence-corrected chi connectivity index (χ2v) is 7.51. The summed E-state index contributed by atoms with van der Waals surface area (Å²) in [5.74, 6) is 2.05. The van der Waals surface area contributed by atoms with Gasteiger partial charge in [-0.25, -0.2) is 0 Å². The van der Waals surface area contributed by atoms with Crippen molar-refractivity contribution in [3.8, 4) is 11.5 Å². The summed E-state index contributed by atoms with van der Waals surface area (Å²) in [5, 5.41) is 0. The molecule has 0 aliphatic carbocycles. The zero-order valence-corrected chi connectivity index (χ0v) is 15.4. The standard InChI is InChI=1S/C20H28N2O4/c1-24-16-6-2-4-14-18-15(5-3-13-25-18)20(26-19(14)16)8-11-22(12-9-20)17(23)7-10-21/h2,4,6,15,18H,3,5,7-13,21H2,1H3/t15-,18+/m0/s1. The van der Waals surface area contributed by atoms with Crippen molar-refractivity contribution in [2.24, 2.45) is 11.7 Å². The van der Waals surface area contributed by atoms with E-state index in [0.717, 1.165) is 49.4 Å². The first-order chi connectivity index (χ1) is 12.7. The lowest BCUT2D eigenvalue weighted by molar-refractivity contribution is -0.157. The van der Waals surface area contributed by atoms with E-state index in [1.165, 1.54) is 0 Å². The molecule has 4 rings (SSSR count). The van der Waals surface area contributed by atoms with E-state index in [1.807, 2.05) is 17.0 Å². The van der Waals surface area contributed by atoms with Gasteiger partial charge in [-0.05, 0) is 18.9 Å². The molecule has 1 amide bonds. The second-order valence-electron chi connectivity index (χ2n) is 7.51. The number of piperidine rings is 1. The topological polar surface area (TPSA) is 74.0 Å². The molecule has 1 aromatic carbocycles. The molecule has 2 N–H and O–H groups in total. The third-order valence-corrected chi connectivity index (χ3v) is 6.16. The third-order valence-electron chi connectivity index (χ3n) is 6.16. The molecule has 26 heavy (non-hydrogen) atoms. The summed E-state index contributed by atoms with van der Waals surface area (Å²) in [6.07, 6.45) is 4.27. The minimum absolute atomic E-state index is 0.0499. The summed E-state index contributed by atoms with van der Waals surface area (Å²) in [6, 6.07) is 6.03. The molecule has 3 aliphatic rings. The Labute approximate surface area is 154 Å². The van der Waals surface area contributed by atoms with Crippen LogP contribution in [0, 0.1) is 5.92 Å². The van der Waals surface area contributed by atoms with Gasteiger partial charge in [-0.1, -0.05) is 12.1 Å². The molecule has 2 fully saturated rings. The summed E-state index contributed by atoms with van der Waals surface area (Å²) in [6.45, 7) is 2.62. The molecule has 0 aromatic heterocycles. The summed E-state index contributed by atoms with van der Waals surface area (Å²) in [7, 11) is 1.67. The highest BCUT2D eigenvalue weighted by molar-refractivity contribution is 5.76. The molecule has 0 unspecified atom stereocenters. The number of hydrogen-bond donors (Lipinski definition) is 1. The van der Waals surface area contributed by atoms with Crippen LogP contribution in [0.5, 0.6) is 11.5 Å². The summed E-state index contributed by atoms with van der Waals surface area (Å²) >= 11 is 0. The number of likely N-dealkylation sites (tertiary alicyclic amines) is 1. The predicted octanol–water partition coefficient (Wildman–Crippen LogP) is 2.27. The molecule has 1 spiro atoms. The van der Waals surface area contributed by atoms with Crippen LogP contribution in [0.2, 0.25) is 0 Å². The van der Waals surface area contributed by atoms with Crippen LogP contribution in [0.25, 0.3) is 0 Å². The van der Waals surface area contributed by atoms with Gasteiger partial charge in [0.15, 0.2) is 11.5 Å². The van der Waals surface area contributed by atoms with Crippen molar-refractivity contribution in [1.29, 1.82) is 0 Å². The number of rotatable bonds is 3. The van der Waals surface area contributed by atoms with E-state index in [9.17, 15) is 4.79 Å². The number of benzene rings is 1. The highest BCUT2D eigenvalue weighted by atomic mass is 16.5. The number of hydrogen-bond acceptors (Lipinski definition) is 5. The number of carbonyl (C=O) groups is 1. The van der Waals surface area contributed by atoms with Gasteiger partial charge < -0.3 is 24.8 Å². The molecule has 6 nitrogen and oxygen atoms in total. The Kier molecular flexibility index (Phi) is 4.80. The third kappa shape index (κ3) is 2.85. The summed E-state index contributed by atoms with van der Waals surface area (Å²) < 4.78 is 18.4. The van der Waals surface area contributed by atoms with Crippen molar-refractivity contribution in [3.63, 3.8) is 0 Å². The molecule has 0 radical (unpaired) electrons. The summed E-state index contributed by atoms with van der Waals surface area (Å²) in [4.78, 5) is 14.1. The van der Waals surface area contributed by atoms with Crippen molar-refractivity contribution < 1.29 is 19.0 Å². The fourth-order valence-electron chi connectivity index (χ4n) is 4.82. The molecule has 0 saturated carbocycles. The van der Waals surface area contributed by atoms with Gasteiger partial charge in [0.1, 0.15) is 5.60 Å². The maximum Gasteiger partial charge on any atom is 0.223 e. The van der Waals surface area contributed by atoms with E-state index in [0.29, 0.717) is 32.0 Å². The zero-order chi connectivity index (χ0) is 18.1. The number of nitrogens with two attached hydrogens (primary N) is 1. The Morgan fingerprint density at radius 3 is 2.92 bits per heavy atom. The lowest BCUT2D eigenvalue weighted by atomic mass is 9.70. The molecule has 6 heteroatoms. The minimum atomic E-state index is -0.286. The minimum Gasteiger partial charge on any atom is -0.493 e. The van der Waals surface area contributed by atoms with E-state index >= 15 is 0 Å². The molecule has 0 bridgehead atoms. The Hall–Kier alpha value is -1.79. The van der Waals surface area contributed by atoms with Crippen molar-refractivity contribution in [3.05, 3.63) is 23.8 Å². The van der Waals surface area contributed by atoms with Crippen LogP contribution in [-0.4, -0.2) is 49.8 Å². The number of carbonyl (C=O) groups excluding carboxylic acids is 1. The monoisotopic (exact) mass is 360 g/mol. The van der Waals surface area contributed by atoms with Crippen LogP contribution >= 0.6 is 0 Å². The molecular weight excluding hydrogens is 332 g/mol. The fraction of sp³-hybridized carbons (Fsp3) is 0.650. The Morgan fingerprint density at radius 1 is 1.38 bits per heavy atom. The molecule has 2 saturated heterocycles. The predicted molar refractivity (Wildman–Crippen MR) is 97.3 cm³/mol. The van der Waals surface area contributed by atoms with Gasteiger partial charge in [-0.15, -0.1) is 0 Å². The van der Waals surface area contributed by atoms with E-state index in [2.05, 4.69) is 6.07 Å². The van der Waals surface area contributed by atoms with E-state index in [-0.39, 0.29) is 17.6 Å². The molecule has 3 heterocycles. The van der Waals surface area contributed by atoms with Gasteiger partial charge in [0.25, 0.3) is 0 Å². The Bertz CT molecular complexity index is 670. The lowest BCUT2D eigenvalue weighted by Crippen LogP contribution is -2.58. The molecule has 1 aromatic rings. The Balaban J connectivity index is 1.63. The Morgan fingerprint density at radius 2 is 2.19 bits per heavy atom. The van der Waals surface area contributed by atoms with Crippen molar-refractivity contribution in [2.45, 2.75) is 43.8 Å². The second kappa shape index (κ2) is 7.08. The van der Waals surface area contributed by atoms with Crippen molar-refractivity contribution in [1.82, 2.24) is 4.90 Å². The largest absolute Gasteiger partial charge is 0.493 e. The van der Waals surface area contributed by atoms with Gasteiger partial charge in [-0.3, -0.25) is 4.79 Å². The highest BCUT2D eigenvalue weighted by Gasteiger charge is 2.53. The van der Waals surface area contributed by atoms with Crippen molar-refractivity contribution in [2.75, 3.05) is 33.4 Å². The van der Waals surface area contributed by atoms with E-state index < -0.39 is 0 Å². The number of amides is 1. The van der Waals surface area contributed by atoms with Gasteiger partial charge in [0.05, 0.1) is 13.2 Å². The van der Waals surface area contributed by atoms with Crippen LogP contribution in [0.1, 0.15) is 43.8 Å². The van der Waals surface area contributed by atoms with Gasteiger partial charge in [0, 0.05) is 57.0 Å². The number of fused-ring (bicyclic) bond motifs is 4. The molecule has 2 atom stereocenters. The van der Waals surface area contributed by atoms with Crippen LogP contribution in [0.4, 0.5) is 0 Å². The number of methoxy groups -OCH3 is 1. The number of nitrogens with zero attached hydrogens (tertiary/aromatic N) is 1. The highest BCUT2D eigenvalue weighted by Crippen LogP contribution is 2.55. The average Bonchev–Trinajstić information content (AvgIpc) is 2.69. The quantitative estimate of drug-likeness (QED) is 0.895. The molecule has 142 valence electrons. The van der Waals surface area contributed by atoms with Crippen molar-refractivity contribution >= 4 is 5.91 Å². The van der Waals surface area contributed by atoms with Gasteiger partial charge in [-0.2, -0.15) is 0 Å². The number of para-hydroxylation sites is 1. The van der Waals surface area contributed by atoms with Crippen LogP contribution in [0.15, 0.2) is 18.2 Å². The zero-order valence-electron chi connectivity index (χ0n) is 15.4. The first kappa shape index (κ1) is 17.6. The van der Waals surface area contributed by atoms with Crippen LogP contribution < -0.4 is 15.2 Å². The first-order valence-electron chi connectivity index (χ1n) is 9.64. The SMILES string of the molecule is COc1cccc2c1OC1(CCN(C(=O)CCN)CC1)[C@H]1CCCO[C@H]21. The number of ether oxygens (including phenoxy) is 3. The smallest absolute Gasteiger partial charge is 0.223 e. The van der Waals surface area contributed by atoms with Gasteiger partial charge >= 0.3 is 0 Å². The normalized spacial score (nSPS) is 26.6. The average molecular weight is 360 g/mol. The fourth-order valence-corrected chi connectivity index (χ4v) is 4.82. The molecular formula is C20H28N2O4.